The number of rotatable bonds is 5. The van der Waals surface area contributed by atoms with E-state index in [0.717, 1.165) is 88.6 Å². The first-order valence-corrected chi connectivity index (χ1v) is 18.0. The normalized spacial score (nSPS) is 11.8. The number of para-hydroxylation sites is 1. The second-order valence-corrected chi connectivity index (χ2v) is 13.7. The van der Waals surface area contributed by atoms with Gasteiger partial charge in [-0.05, 0) is 93.7 Å². The fraction of sp³-hybridized carbons (Fsp3) is 0. The Morgan fingerprint density at radius 3 is 1.75 bits per heavy atom. The Balaban J connectivity index is 1.02. The van der Waals surface area contributed by atoms with Crippen molar-refractivity contribution in [3.8, 4) is 22.3 Å². The minimum absolute atomic E-state index is 0.899. The van der Waals surface area contributed by atoms with Gasteiger partial charge >= 0.3 is 0 Å². The number of furan rings is 2. The van der Waals surface area contributed by atoms with Gasteiger partial charge < -0.3 is 13.7 Å². The van der Waals surface area contributed by atoms with Gasteiger partial charge in [-0.1, -0.05) is 127 Å². The summed E-state index contributed by atoms with van der Waals surface area (Å²) in [6, 6.07) is 66.9. The number of anilines is 3. The van der Waals surface area contributed by atoms with Gasteiger partial charge in [0.2, 0.25) is 0 Å². The summed E-state index contributed by atoms with van der Waals surface area (Å²) in [7, 11) is 0. The highest BCUT2D eigenvalue weighted by Crippen LogP contribution is 2.43. The van der Waals surface area contributed by atoms with Crippen LogP contribution in [0, 0.1) is 0 Å². The summed E-state index contributed by atoms with van der Waals surface area (Å²) in [5.74, 6) is 0. The molecule has 0 aliphatic rings. The van der Waals surface area contributed by atoms with Gasteiger partial charge in [0, 0.05) is 43.7 Å². The van der Waals surface area contributed by atoms with E-state index in [1.807, 2.05) is 12.1 Å². The van der Waals surface area contributed by atoms with E-state index in [9.17, 15) is 0 Å². The van der Waals surface area contributed by atoms with Gasteiger partial charge in [-0.15, -0.1) is 0 Å². The Kier molecular flexibility index (Phi) is 6.55. The first-order chi connectivity index (χ1) is 26.3. The first-order valence-electron chi connectivity index (χ1n) is 18.0. The Labute approximate surface area is 305 Å². The number of hydrogen-bond acceptors (Lipinski definition) is 3. The predicted octanol–water partition coefficient (Wildman–Crippen LogP) is 14.6. The maximum absolute atomic E-state index is 6.51. The lowest BCUT2D eigenvalue weighted by Gasteiger charge is -2.27. The third-order valence-corrected chi connectivity index (χ3v) is 10.7. The van der Waals surface area contributed by atoms with Gasteiger partial charge in [0.15, 0.2) is 0 Å². The lowest BCUT2D eigenvalue weighted by molar-refractivity contribution is 0.669. The summed E-state index contributed by atoms with van der Waals surface area (Å²) < 4.78 is 12.6. The summed E-state index contributed by atoms with van der Waals surface area (Å²) in [5, 5.41) is 9.26. The van der Waals surface area contributed by atoms with Gasteiger partial charge in [-0.3, -0.25) is 0 Å². The molecule has 0 fully saturated rings. The van der Waals surface area contributed by atoms with Crippen molar-refractivity contribution < 1.29 is 8.83 Å². The van der Waals surface area contributed by atoms with Crippen molar-refractivity contribution in [1.29, 1.82) is 0 Å². The minimum Gasteiger partial charge on any atom is -0.456 e. The molecule has 0 unspecified atom stereocenters. The second-order valence-electron chi connectivity index (χ2n) is 13.7. The van der Waals surface area contributed by atoms with Crippen molar-refractivity contribution in [3.63, 3.8) is 0 Å². The largest absolute Gasteiger partial charge is 0.456 e. The average molecular weight is 678 g/mol. The van der Waals surface area contributed by atoms with Crippen molar-refractivity contribution in [3.05, 3.63) is 188 Å². The molecule has 0 aliphatic carbocycles. The predicted molar refractivity (Wildman–Crippen MR) is 222 cm³/mol. The molecule has 0 bridgehead atoms. The number of hydrogen-bond donors (Lipinski definition) is 0. The topological polar surface area (TPSA) is 29.5 Å². The molecule has 248 valence electrons. The zero-order valence-corrected chi connectivity index (χ0v) is 28.7. The SMILES string of the molecule is c1ccc2c(N(c3ccc(-c4ccc5oc6ccccc6c5c4)cc3)c3ccc(-c4cccc5oc6c7ccccc7ccc6c45)cc3)cccc2c1. The molecule has 9 aromatic carbocycles. The Morgan fingerprint density at radius 1 is 0.340 bits per heavy atom. The van der Waals surface area contributed by atoms with Crippen molar-refractivity contribution in [2.75, 3.05) is 4.90 Å². The van der Waals surface area contributed by atoms with Crippen molar-refractivity contribution in [1.82, 2.24) is 0 Å². The molecule has 0 saturated carbocycles. The maximum Gasteiger partial charge on any atom is 0.143 e. The lowest BCUT2D eigenvalue weighted by Crippen LogP contribution is -2.10. The van der Waals surface area contributed by atoms with E-state index in [1.165, 1.54) is 16.2 Å². The van der Waals surface area contributed by atoms with Crippen molar-refractivity contribution in [2.45, 2.75) is 0 Å². The van der Waals surface area contributed by atoms with Crippen LogP contribution in [-0.2, 0) is 0 Å². The van der Waals surface area contributed by atoms with Crippen LogP contribution in [0.25, 0.3) is 87.7 Å². The molecule has 11 aromatic rings. The van der Waals surface area contributed by atoms with Gasteiger partial charge in [0.1, 0.15) is 22.3 Å². The summed E-state index contributed by atoms with van der Waals surface area (Å²) in [5.41, 5.74) is 11.6. The lowest BCUT2D eigenvalue weighted by atomic mass is 9.97. The van der Waals surface area contributed by atoms with E-state index < -0.39 is 0 Å². The maximum atomic E-state index is 6.51. The molecule has 0 amide bonds. The van der Waals surface area contributed by atoms with Crippen LogP contribution in [0.15, 0.2) is 197 Å². The monoisotopic (exact) mass is 677 g/mol. The zero-order valence-electron chi connectivity index (χ0n) is 28.7. The number of benzene rings is 9. The molecule has 0 N–H and O–H groups in total. The van der Waals surface area contributed by atoms with Crippen LogP contribution < -0.4 is 4.90 Å². The first kappa shape index (κ1) is 29.6. The van der Waals surface area contributed by atoms with Crippen LogP contribution in [0.5, 0.6) is 0 Å². The quantitative estimate of drug-likeness (QED) is 0.182. The van der Waals surface area contributed by atoms with Crippen LogP contribution >= 0.6 is 0 Å². The highest BCUT2D eigenvalue weighted by molar-refractivity contribution is 6.19. The molecular formula is C50H31NO2. The van der Waals surface area contributed by atoms with Crippen LogP contribution in [0.4, 0.5) is 17.1 Å². The Bertz CT molecular complexity index is 3160. The molecule has 11 rings (SSSR count). The van der Waals surface area contributed by atoms with E-state index in [4.69, 9.17) is 8.83 Å². The molecule has 0 atom stereocenters. The molecule has 0 spiro atoms. The van der Waals surface area contributed by atoms with Gasteiger partial charge in [-0.25, -0.2) is 0 Å². The van der Waals surface area contributed by atoms with Crippen LogP contribution in [0.3, 0.4) is 0 Å². The number of fused-ring (bicyclic) bond motifs is 9. The molecule has 2 heterocycles. The Hall–Kier alpha value is -7.10. The van der Waals surface area contributed by atoms with E-state index >= 15 is 0 Å². The van der Waals surface area contributed by atoms with E-state index in [2.05, 4.69) is 181 Å². The van der Waals surface area contributed by atoms with Crippen LogP contribution in [0.1, 0.15) is 0 Å². The third kappa shape index (κ3) is 4.75. The molecule has 0 saturated heterocycles. The summed E-state index contributed by atoms with van der Waals surface area (Å²) in [6.07, 6.45) is 0. The highest BCUT2D eigenvalue weighted by Gasteiger charge is 2.18. The highest BCUT2D eigenvalue weighted by atomic mass is 16.3. The number of nitrogens with zero attached hydrogens (tertiary/aromatic N) is 1. The van der Waals surface area contributed by atoms with Gasteiger partial charge in [0.25, 0.3) is 0 Å². The zero-order chi connectivity index (χ0) is 34.9. The molecule has 53 heavy (non-hydrogen) atoms. The van der Waals surface area contributed by atoms with E-state index in [-0.39, 0.29) is 0 Å². The van der Waals surface area contributed by atoms with Gasteiger partial charge in [0.05, 0.1) is 5.69 Å². The van der Waals surface area contributed by atoms with Crippen LogP contribution in [0.2, 0.25) is 0 Å². The molecule has 2 aromatic heterocycles. The van der Waals surface area contributed by atoms with Crippen LogP contribution in [-0.4, -0.2) is 0 Å². The fourth-order valence-corrected chi connectivity index (χ4v) is 8.12. The Morgan fingerprint density at radius 2 is 0.943 bits per heavy atom. The van der Waals surface area contributed by atoms with Gasteiger partial charge in [-0.2, -0.15) is 0 Å². The fourth-order valence-electron chi connectivity index (χ4n) is 8.12. The van der Waals surface area contributed by atoms with Crippen molar-refractivity contribution >= 4 is 82.5 Å². The molecule has 0 aliphatic heterocycles. The minimum atomic E-state index is 0.899. The molecule has 3 nitrogen and oxygen atoms in total. The summed E-state index contributed by atoms with van der Waals surface area (Å²) in [4.78, 5) is 2.36. The second kappa shape index (κ2) is 11.7. The smallest absolute Gasteiger partial charge is 0.143 e. The van der Waals surface area contributed by atoms with E-state index in [0.29, 0.717) is 0 Å². The average Bonchev–Trinajstić information content (AvgIpc) is 3.80. The molecule has 3 heteroatoms. The molecule has 0 radical (unpaired) electrons. The standard InChI is InChI=1S/C50H31NO2/c1-3-12-39-33(9-1)11-7-16-45(39)51(37-25-19-32(20-26-37)36-24-30-47-44(31-36)42-14-5-6-17-46(42)52-47)38-27-21-35(22-28-38)40-15-8-18-48-49(40)43-29-23-34-10-2-4-13-41(34)50(43)53-48/h1-31H. The summed E-state index contributed by atoms with van der Waals surface area (Å²) in [6.45, 7) is 0. The third-order valence-electron chi connectivity index (χ3n) is 10.7. The van der Waals surface area contributed by atoms with Crippen molar-refractivity contribution in [2.24, 2.45) is 0 Å². The summed E-state index contributed by atoms with van der Waals surface area (Å²) >= 11 is 0. The molecular weight excluding hydrogens is 647 g/mol. The van der Waals surface area contributed by atoms with E-state index in [1.54, 1.807) is 0 Å².